The summed E-state index contributed by atoms with van der Waals surface area (Å²) in [7, 11) is 1.65. The molecule has 4 aliphatic carbocycles. The molecular weight excluding hydrogens is 597 g/mol. The predicted molar refractivity (Wildman–Crippen MR) is 165 cm³/mol. The number of aliphatic hydroxyl groups is 2. The maximum absolute atomic E-state index is 14.0. The molecule has 3 fully saturated rings. The zero-order chi connectivity index (χ0) is 31.7. The van der Waals surface area contributed by atoms with Gasteiger partial charge in [0.05, 0.1) is 36.5 Å². The Kier molecular flexibility index (Phi) is 7.33. The lowest BCUT2D eigenvalue weighted by Crippen LogP contribution is -2.62. The number of halogens is 1. The van der Waals surface area contributed by atoms with Crippen molar-refractivity contribution in [3.63, 3.8) is 0 Å². The number of hydrogen-bond donors (Lipinski definition) is 2. The van der Waals surface area contributed by atoms with E-state index in [-0.39, 0.29) is 52.2 Å². The normalized spacial score (nSPS) is 33.4. The van der Waals surface area contributed by atoms with Gasteiger partial charge in [-0.2, -0.15) is 5.10 Å². The third-order valence-electron chi connectivity index (χ3n) is 11.3. The molecule has 0 bridgehead atoms. The van der Waals surface area contributed by atoms with E-state index in [0.717, 1.165) is 48.0 Å². The summed E-state index contributed by atoms with van der Waals surface area (Å²) in [6.45, 7) is 4.08. The Balaban J connectivity index is 1.22. The van der Waals surface area contributed by atoms with Gasteiger partial charge in [-0.05, 0) is 97.6 Å². The van der Waals surface area contributed by atoms with E-state index >= 15 is 0 Å². The first kappa shape index (κ1) is 30.3. The number of carbonyl (C=O) groups is 2. The summed E-state index contributed by atoms with van der Waals surface area (Å²) in [4.78, 5) is 27.4. The molecule has 0 saturated heterocycles. The number of carbonyl (C=O) groups excluding carboxylic acids is 2. The molecule has 1 aromatic carbocycles. The number of thioether (sulfide) groups is 1. The summed E-state index contributed by atoms with van der Waals surface area (Å²) in [6.07, 6.45) is 8.56. The first-order valence-electron chi connectivity index (χ1n) is 15.6. The second kappa shape index (κ2) is 10.9. The van der Waals surface area contributed by atoms with Crippen LogP contribution in [-0.2, 0) is 23.0 Å². The molecule has 45 heavy (non-hydrogen) atoms. The summed E-state index contributed by atoms with van der Waals surface area (Å²) in [5.41, 5.74) is 1.58. The molecule has 0 spiro atoms. The number of aromatic nitrogens is 5. The van der Waals surface area contributed by atoms with E-state index in [1.54, 1.807) is 19.2 Å². The average molecular weight is 636 g/mol. The number of benzene rings is 1. The van der Waals surface area contributed by atoms with Crippen LogP contribution in [0.25, 0.3) is 11.8 Å². The maximum atomic E-state index is 14.0. The van der Waals surface area contributed by atoms with Gasteiger partial charge in [0.2, 0.25) is 5.12 Å². The number of aryl methyl sites for hydroxylation is 1. The number of fused-ring (bicyclic) bond motifs is 6. The van der Waals surface area contributed by atoms with E-state index in [2.05, 4.69) is 28.4 Å². The molecule has 3 aromatic rings. The molecule has 0 radical (unpaired) electrons. The molecule has 2 unspecified atom stereocenters. The van der Waals surface area contributed by atoms with Crippen molar-refractivity contribution in [1.82, 2.24) is 24.8 Å². The molecule has 4 aliphatic rings. The van der Waals surface area contributed by atoms with Crippen LogP contribution in [-0.4, -0.2) is 70.1 Å². The van der Waals surface area contributed by atoms with Crippen LogP contribution in [0.4, 0.5) is 4.39 Å². The Morgan fingerprint density at radius 2 is 1.98 bits per heavy atom. The van der Waals surface area contributed by atoms with Crippen LogP contribution < -0.4 is 0 Å². The van der Waals surface area contributed by atoms with Crippen molar-refractivity contribution < 1.29 is 28.9 Å². The fourth-order valence-corrected chi connectivity index (χ4v) is 10.3. The molecule has 238 valence electrons. The van der Waals surface area contributed by atoms with Gasteiger partial charge >= 0.3 is 5.97 Å². The van der Waals surface area contributed by atoms with E-state index in [1.807, 2.05) is 17.8 Å². The molecular formula is C33H38FN5O5S. The molecule has 2 heterocycles. The van der Waals surface area contributed by atoms with E-state index in [1.165, 1.54) is 28.6 Å². The summed E-state index contributed by atoms with van der Waals surface area (Å²) >= 11 is 0.983. The van der Waals surface area contributed by atoms with Crippen LogP contribution in [0.5, 0.6) is 0 Å². The molecule has 12 heteroatoms. The van der Waals surface area contributed by atoms with E-state index in [0.29, 0.717) is 19.3 Å². The molecule has 0 aliphatic heterocycles. The first-order chi connectivity index (χ1) is 21.5. The highest BCUT2D eigenvalue weighted by Gasteiger charge is 2.70. The average Bonchev–Trinajstić information content (AvgIpc) is 3.70. The Morgan fingerprint density at radius 3 is 2.69 bits per heavy atom. The SMILES string of the molecule is Cn1cc(C(=O)O[C@]2(C(=O)SCCO)CCC3[C@@H]4CCC5=Cc6c(cnn6-c6ccc(F)cc6)C[C@]5(C)C4[C@@H](O)C[C@@]32C)nn1. The highest BCUT2D eigenvalue weighted by molar-refractivity contribution is 8.13. The van der Waals surface area contributed by atoms with Crippen LogP contribution in [0.1, 0.15) is 67.7 Å². The molecule has 7 atom stereocenters. The second-order valence-corrected chi connectivity index (χ2v) is 14.7. The first-order valence-corrected chi connectivity index (χ1v) is 16.6. The zero-order valence-corrected chi connectivity index (χ0v) is 26.5. The lowest BCUT2D eigenvalue weighted by Gasteiger charge is -2.60. The van der Waals surface area contributed by atoms with Gasteiger partial charge in [0, 0.05) is 18.2 Å². The van der Waals surface area contributed by atoms with E-state index in [9.17, 15) is 24.2 Å². The van der Waals surface area contributed by atoms with E-state index < -0.39 is 23.1 Å². The monoisotopic (exact) mass is 635 g/mol. The minimum atomic E-state index is -1.47. The number of esters is 1. The van der Waals surface area contributed by atoms with Gasteiger partial charge in [0.1, 0.15) is 5.82 Å². The number of nitrogens with zero attached hydrogens (tertiary/aromatic N) is 5. The fraction of sp³-hybridized carbons (Fsp3) is 0.545. The summed E-state index contributed by atoms with van der Waals surface area (Å²) in [5, 5.41) is 33.8. The van der Waals surface area contributed by atoms with Gasteiger partial charge in [-0.1, -0.05) is 36.4 Å². The largest absolute Gasteiger partial charge is 0.445 e. The Bertz CT molecular complexity index is 1690. The third-order valence-corrected chi connectivity index (χ3v) is 12.3. The fourth-order valence-electron chi connectivity index (χ4n) is 9.41. The lowest BCUT2D eigenvalue weighted by molar-refractivity contribution is -0.174. The summed E-state index contributed by atoms with van der Waals surface area (Å²) in [6, 6.07) is 6.31. The minimum absolute atomic E-state index is 0.0252. The standard InChI is InChI=1S/C33H38FN5O5S/c1-31-15-19-17-35-39(22-7-5-21(34)6-8-22)26(19)14-20(31)4-9-23-24-10-11-33(30(43)45-13-12-40,32(24,2)16-27(41)28(23)31)44-29(42)25-18-38(3)37-36-25/h5-8,14,17-18,23-24,27-28,40-41H,4,9-13,15-16H2,1-3H3/t23-,24?,27-,28?,31-,32-,33-/m0/s1. The summed E-state index contributed by atoms with van der Waals surface area (Å²) < 4.78 is 23.1. The molecule has 2 N–H and O–H groups in total. The van der Waals surface area contributed by atoms with Crippen molar-refractivity contribution in [2.75, 3.05) is 12.4 Å². The van der Waals surface area contributed by atoms with Crippen LogP contribution in [0.15, 0.2) is 42.2 Å². The zero-order valence-electron chi connectivity index (χ0n) is 25.6. The second-order valence-electron chi connectivity index (χ2n) is 13.6. The number of aliphatic hydroxyl groups excluding tert-OH is 2. The maximum Gasteiger partial charge on any atom is 0.361 e. The molecule has 3 saturated carbocycles. The van der Waals surface area contributed by atoms with Crippen molar-refractivity contribution in [3.05, 3.63) is 65.0 Å². The predicted octanol–water partition coefficient (Wildman–Crippen LogP) is 4.14. The van der Waals surface area contributed by atoms with Crippen LogP contribution in [0, 0.1) is 34.4 Å². The van der Waals surface area contributed by atoms with Gasteiger partial charge in [-0.15, -0.1) is 5.10 Å². The van der Waals surface area contributed by atoms with Crippen LogP contribution >= 0.6 is 11.8 Å². The Labute approximate surface area is 265 Å². The lowest BCUT2D eigenvalue weighted by atomic mass is 9.45. The topological polar surface area (TPSA) is 132 Å². The van der Waals surface area contributed by atoms with E-state index in [4.69, 9.17) is 4.74 Å². The number of hydrogen-bond acceptors (Lipinski definition) is 9. The van der Waals surface area contributed by atoms with Gasteiger partial charge in [0.25, 0.3) is 0 Å². The van der Waals surface area contributed by atoms with Crippen molar-refractivity contribution in [2.24, 2.45) is 35.6 Å². The summed E-state index contributed by atoms with van der Waals surface area (Å²) in [5.74, 6) is -0.708. The van der Waals surface area contributed by atoms with Gasteiger partial charge in [-0.25, -0.2) is 13.9 Å². The van der Waals surface area contributed by atoms with Gasteiger partial charge in [0.15, 0.2) is 11.3 Å². The number of allylic oxidation sites excluding steroid dienone is 1. The molecule has 7 rings (SSSR count). The smallest absolute Gasteiger partial charge is 0.361 e. The Morgan fingerprint density at radius 1 is 1.20 bits per heavy atom. The third kappa shape index (κ3) is 4.54. The van der Waals surface area contributed by atoms with Gasteiger partial charge in [-0.3, -0.25) is 9.48 Å². The van der Waals surface area contributed by atoms with Crippen molar-refractivity contribution in [1.29, 1.82) is 0 Å². The highest BCUT2D eigenvalue weighted by atomic mass is 32.2. The molecule has 10 nitrogen and oxygen atoms in total. The molecule has 2 aromatic heterocycles. The minimum Gasteiger partial charge on any atom is -0.445 e. The Hall–Kier alpha value is -3.35. The molecule has 0 amide bonds. The van der Waals surface area contributed by atoms with Crippen molar-refractivity contribution in [3.8, 4) is 5.69 Å². The number of rotatable bonds is 6. The van der Waals surface area contributed by atoms with Crippen LogP contribution in [0.3, 0.4) is 0 Å². The van der Waals surface area contributed by atoms with Crippen LogP contribution in [0.2, 0.25) is 0 Å². The van der Waals surface area contributed by atoms with Crippen molar-refractivity contribution in [2.45, 2.75) is 64.1 Å². The quantitative estimate of drug-likeness (QED) is 0.384. The van der Waals surface area contributed by atoms with Gasteiger partial charge < -0.3 is 14.9 Å². The van der Waals surface area contributed by atoms with Crippen molar-refractivity contribution >= 4 is 28.9 Å². The number of ether oxygens (including phenoxy) is 1. The highest BCUT2D eigenvalue weighted by Crippen LogP contribution is 2.69.